The lowest BCUT2D eigenvalue weighted by atomic mass is 10.1. The van der Waals surface area contributed by atoms with E-state index in [2.05, 4.69) is 15.3 Å². The molecule has 0 saturated carbocycles. The topological polar surface area (TPSA) is 37.8 Å². The highest BCUT2D eigenvalue weighted by Crippen LogP contribution is 2.20. The highest BCUT2D eigenvalue weighted by atomic mass is 32.2. The minimum absolute atomic E-state index is 0.636. The third-order valence-electron chi connectivity index (χ3n) is 3.27. The Labute approximate surface area is 111 Å². The summed E-state index contributed by atoms with van der Waals surface area (Å²) >= 11 is 1.81. The minimum atomic E-state index is 0.636. The quantitative estimate of drug-likeness (QED) is 0.860. The van der Waals surface area contributed by atoms with Crippen molar-refractivity contribution in [2.45, 2.75) is 30.3 Å². The van der Waals surface area contributed by atoms with E-state index < -0.39 is 0 Å². The SMILES string of the molecule is c1ccc2nc(SC[C@H]3CCCCN3)cnc2c1. The first-order chi connectivity index (χ1) is 8.92. The summed E-state index contributed by atoms with van der Waals surface area (Å²) in [6.45, 7) is 1.16. The van der Waals surface area contributed by atoms with Crippen LogP contribution in [0.2, 0.25) is 0 Å². The van der Waals surface area contributed by atoms with Gasteiger partial charge in [-0.2, -0.15) is 0 Å². The molecule has 1 aromatic carbocycles. The number of nitrogens with zero attached hydrogens (tertiary/aromatic N) is 2. The third kappa shape index (κ3) is 2.82. The van der Waals surface area contributed by atoms with Crippen LogP contribution >= 0.6 is 11.8 Å². The number of thioether (sulfide) groups is 1. The summed E-state index contributed by atoms with van der Waals surface area (Å²) in [5.74, 6) is 1.09. The van der Waals surface area contributed by atoms with Crippen LogP contribution in [0.5, 0.6) is 0 Å². The first kappa shape index (κ1) is 11.9. The van der Waals surface area contributed by atoms with Crippen molar-refractivity contribution in [1.29, 1.82) is 0 Å². The number of hydrogen-bond donors (Lipinski definition) is 1. The van der Waals surface area contributed by atoms with Gasteiger partial charge >= 0.3 is 0 Å². The molecule has 1 aliphatic heterocycles. The van der Waals surface area contributed by atoms with Crippen LogP contribution in [0.1, 0.15) is 19.3 Å². The van der Waals surface area contributed by atoms with Crippen molar-refractivity contribution < 1.29 is 0 Å². The number of benzene rings is 1. The van der Waals surface area contributed by atoms with Crippen LogP contribution in [0.3, 0.4) is 0 Å². The van der Waals surface area contributed by atoms with Crippen molar-refractivity contribution in [3.05, 3.63) is 30.5 Å². The fourth-order valence-corrected chi connectivity index (χ4v) is 3.21. The zero-order chi connectivity index (χ0) is 12.2. The molecule has 2 heterocycles. The molecule has 1 saturated heterocycles. The summed E-state index contributed by atoms with van der Waals surface area (Å²) in [7, 11) is 0. The Hall–Kier alpha value is -1.13. The van der Waals surface area contributed by atoms with Crippen LogP contribution in [0.15, 0.2) is 35.5 Å². The highest BCUT2D eigenvalue weighted by molar-refractivity contribution is 7.99. The molecule has 1 aliphatic rings. The second kappa shape index (κ2) is 5.67. The summed E-state index contributed by atoms with van der Waals surface area (Å²) < 4.78 is 0. The van der Waals surface area contributed by atoms with E-state index in [1.54, 1.807) is 11.8 Å². The predicted molar refractivity (Wildman–Crippen MR) is 75.9 cm³/mol. The number of fused-ring (bicyclic) bond motifs is 1. The Bertz CT molecular complexity index is 523. The molecular formula is C14H17N3S. The number of para-hydroxylation sites is 2. The van der Waals surface area contributed by atoms with Gasteiger partial charge in [0.05, 0.1) is 17.2 Å². The van der Waals surface area contributed by atoms with Gasteiger partial charge in [0.15, 0.2) is 0 Å². The van der Waals surface area contributed by atoms with E-state index in [9.17, 15) is 0 Å². The van der Waals surface area contributed by atoms with E-state index >= 15 is 0 Å². The Balaban J connectivity index is 1.66. The summed E-state index contributed by atoms with van der Waals surface area (Å²) in [6, 6.07) is 8.66. The van der Waals surface area contributed by atoms with Gasteiger partial charge in [-0.15, -0.1) is 11.8 Å². The van der Waals surface area contributed by atoms with Crippen LogP contribution < -0.4 is 5.32 Å². The predicted octanol–water partition coefficient (Wildman–Crippen LogP) is 2.86. The van der Waals surface area contributed by atoms with Crippen molar-refractivity contribution >= 4 is 22.8 Å². The molecule has 1 aromatic heterocycles. The molecule has 0 spiro atoms. The average Bonchev–Trinajstić information content (AvgIpc) is 2.46. The summed E-state index contributed by atoms with van der Waals surface area (Å²) in [4.78, 5) is 9.07. The highest BCUT2D eigenvalue weighted by Gasteiger charge is 2.13. The van der Waals surface area contributed by atoms with Crippen molar-refractivity contribution in [3.63, 3.8) is 0 Å². The number of nitrogens with one attached hydrogen (secondary N) is 1. The average molecular weight is 259 g/mol. The van der Waals surface area contributed by atoms with E-state index in [0.717, 1.165) is 28.4 Å². The lowest BCUT2D eigenvalue weighted by Gasteiger charge is -2.22. The number of hydrogen-bond acceptors (Lipinski definition) is 4. The molecule has 1 N–H and O–H groups in total. The van der Waals surface area contributed by atoms with Gasteiger partial charge in [-0.3, -0.25) is 4.98 Å². The van der Waals surface area contributed by atoms with E-state index in [1.165, 1.54) is 19.3 Å². The monoisotopic (exact) mass is 259 g/mol. The fraction of sp³-hybridized carbons (Fsp3) is 0.429. The summed E-state index contributed by atoms with van der Waals surface area (Å²) in [5.41, 5.74) is 1.96. The maximum absolute atomic E-state index is 4.63. The first-order valence-corrected chi connectivity index (χ1v) is 7.48. The second-order valence-electron chi connectivity index (χ2n) is 4.65. The number of aromatic nitrogens is 2. The van der Waals surface area contributed by atoms with Gasteiger partial charge in [0.1, 0.15) is 5.03 Å². The molecular weight excluding hydrogens is 242 g/mol. The zero-order valence-corrected chi connectivity index (χ0v) is 11.1. The zero-order valence-electron chi connectivity index (χ0n) is 10.3. The Morgan fingerprint density at radius 2 is 2.11 bits per heavy atom. The lowest BCUT2D eigenvalue weighted by molar-refractivity contribution is 0.430. The van der Waals surface area contributed by atoms with Gasteiger partial charge in [0.2, 0.25) is 0 Å². The standard InChI is InChI=1S/C14H17N3S/c1-2-7-13-12(6-1)16-9-14(17-13)18-10-11-5-3-4-8-15-11/h1-2,6-7,9,11,15H,3-5,8,10H2/t11-/m1/s1. The molecule has 1 fully saturated rings. The third-order valence-corrected chi connectivity index (χ3v) is 4.33. The van der Waals surface area contributed by atoms with Gasteiger partial charge in [-0.05, 0) is 31.5 Å². The Kier molecular flexibility index (Phi) is 3.76. The molecule has 3 nitrogen and oxygen atoms in total. The van der Waals surface area contributed by atoms with Crippen LogP contribution in [0.25, 0.3) is 11.0 Å². The maximum atomic E-state index is 4.63. The van der Waals surface area contributed by atoms with E-state index in [0.29, 0.717) is 6.04 Å². The number of rotatable bonds is 3. The van der Waals surface area contributed by atoms with Gasteiger partial charge in [0.25, 0.3) is 0 Å². The summed E-state index contributed by atoms with van der Waals surface area (Å²) in [5, 5.41) is 4.59. The fourth-order valence-electron chi connectivity index (χ4n) is 2.26. The molecule has 18 heavy (non-hydrogen) atoms. The molecule has 94 valence electrons. The van der Waals surface area contributed by atoms with E-state index in [-0.39, 0.29) is 0 Å². The second-order valence-corrected chi connectivity index (χ2v) is 5.70. The van der Waals surface area contributed by atoms with Gasteiger partial charge in [-0.1, -0.05) is 18.6 Å². The smallest absolute Gasteiger partial charge is 0.115 e. The number of piperidine rings is 1. The Morgan fingerprint density at radius 1 is 1.22 bits per heavy atom. The Morgan fingerprint density at radius 3 is 2.94 bits per heavy atom. The van der Waals surface area contributed by atoms with Gasteiger partial charge < -0.3 is 5.32 Å². The van der Waals surface area contributed by atoms with Crippen LogP contribution in [0.4, 0.5) is 0 Å². The first-order valence-electron chi connectivity index (χ1n) is 6.50. The van der Waals surface area contributed by atoms with E-state index in [1.807, 2.05) is 30.5 Å². The van der Waals surface area contributed by atoms with Crippen molar-refractivity contribution in [3.8, 4) is 0 Å². The lowest BCUT2D eigenvalue weighted by Crippen LogP contribution is -2.35. The molecule has 0 bridgehead atoms. The maximum Gasteiger partial charge on any atom is 0.115 e. The van der Waals surface area contributed by atoms with Crippen LogP contribution in [0, 0.1) is 0 Å². The molecule has 3 rings (SSSR count). The molecule has 1 atom stereocenters. The molecule has 4 heteroatoms. The van der Waals surface area contributed by atoms with Crippen LogP contribution in [-0.2, 0) is 0 Å². The summed E-state index contributed by atoms with van der Waals surface area (Å²) in [6.07, 6.45) is 5.84. The molecule has 2 aromatic rings. The molecule has 0 amide bonds. The molecule has 0 unspecified atom stereocenters. The van der Waals surface area contributed by atoms with Crippen molar-refractivity contribution in [1.82, 2.24) is 15.3 Å². The van der Waals surface area contributed by atoms with Gasteiger partial charge in [0, 0.05) is 11.8 Å². The molecule has 0 radical (unpaired) electrons. The van der Waals surface area contributed by atoms with E-state index in [4.69, 9.17) is 0 Å². The minimum Gasteiger partial charge on any atom is -0.313 e. The van der Waals surface area contributed by atoms with Gasteiger partial charge in [-0.25, -0.2) is 4.98 Å². The largest absolute Gasteiger partial charge is 0.313 e. The van der Waals surface area contributed by atoms with Crippen LogP contribution in [-0.4, -0.2) is 28.3 Å². The van der Waals surface area contributed by atoms with Crippen molar-refractivity contribution in [2.75, 3.05) is 12.3 Å². The normalized spacial score (nSPS) is 20.1. The van der Waals surface area contributed by atoms with Crippen molar-refractivity contribution in [2.24, 2.45) is 0 Å². The molecule has 0 aliphatic carbocycles.